The predicted octanol–water partition coefficient (Wildman–Crippen LogP) is 4.86. The van der Waals surface area contributed by atoms with E-state index in [0.29, 0.717) is 6.42 Å². The largest absolute Gasteiger partial charge is 0.496 e. The van der Waals surface area contributed by atoms with E-state index in [1.54, 1.807) is 7.11 Å². The molecule has 1 heterocycles. The smallest absolute Gasteiger partial charge is 0.125 e. The van der Waals surface area contributed by atoms with Crippen LogP contribution in [0.25, 0.3) is 0 Å². The lowest BCUT2D eigenvalue weighted by atomic mass is 9.79. The van der Waals surface area contributed by atoms with Crippen molar-refractivity contribution in [3.8, 4) is 5.75 Å². The monoisotopic (exact) mass is 478 g/mol. The van der Waals surface area contributed by atoms with Crippen LogP contribution in [0.1, 0.15) is 37.0 Å². The highest BCUT2D eigenvalue weighted by molar-refractivity contribution is 9.10. The Balaban J connectivity index is 1.97. The molecule has 0 bridgehead atoms. The highest BCUT2D eigenvalue weighted by Gasteiger charge is 2.41. The minimum atomic E-state index is -0.466. The van der Waals surface area contributed by atoms with Crippen molar-refractivity contribution in [1.29, 1.82) is 0 Å². The van der Waals surface area contributed by atoms with Crippen molar-refractivity contribution < 1.29 is 9.53 Å². The summed E-state index contributed by atoms with van der Waals surface area (Å²) >= 11 is 10.2. The minimum Gasteiger partial charge on any atom is -0.496 e. The fourth-order valence-electron chi connectivity index (χ4n) is 4.16. The van der Waals surface area contributed by atoms with E-state index in [2.05, 4.69) is 38.7 Å². The van der Waals surface area contributed by atoms with Gasteiger partial charge in [0.1, 0.15) is 12.0 Å². The van der Waals surface area contributed by atoms with Gasteiger partial charge in [-0.25, -0.2) is 0 Å². The molecule has 0 amide bonds. The Morgan fingerprint density at radius 2 is 1.93 bits per heavy atom. The van der Waals surface area contributed by atoms with Gasteiger partial charge in [0, 0.05) is 28.0 Å². The van der Waals surface area contributed by atoms with Crippen molar-refractivity contribution in [3.63, 3.8) is 0 Å². The molecule has 1 aliphatic heterocycles. The third-order valence-electron chi connectivity index (χ3n) is 5.48. The molecular formula is C23H28BrClN2O2. The molecule has 6 heteroatoms. The first-order valence-electron chi connectivity index (χ1n) is 9.87. The Morgan fingerprint density at radius 3 is 2.59 bits per heavy atom. The number of aryl methyl sites for hydroxylation is 1. The molecule has 29 heavy (non-hydrogen) atoms. The molecule has 2 aromatic rings. The molecule has 1 saturated heterocycles. The summed E-state index contributed by atoms with van der Waals surface area (Å²) in [5, 5.41) is 7.97. The Labute approximate surface area is 186 Å². The fourth-order valence-corrected chi connectivity index (χ4v) is 4.84. The maximum atomic E-state index is 11.7. The minimum absolute atomic E-state index is 0.461. The van der Waals surface area contributed by atoms with E-state index in [1.165, 1.54) is 0 Å². The maximum Gasteiger partial charge on any atom is 0.125 e. The number of benzene rings is 2. The lowest BCUT2D eigenvalue weighted by Gasteiger charge is -2.37. The Kier molecular flexibility index (Phi) is 7.05. The zero-order chi connectivity index (χ0) is 21.1. The number of ether oxygens (including phenoxy) is 1. The zero-order valence-corrected chi connectivity index (χ0v) is 19.5. The van der Waals surface area contributed by atoms with Crippen molar-refractivity contribution in [1.82, 2.24) is 10.6 Å². The Bertz CT molecular complexity index is 879. The number of methoxy groups -OCH3 is 1. The van der Waals surface area contributed by atoms with Crippen LogP contribution in [-0.2, 0) is 23.3 Å². The van der Waals surface area contributed by atoms with Crippen LogP contribution in [0.4, 0.5) is 0 Å². The lowest BCUT2D eigenvalue weighted by Crippen LogP contribution is -2.50. The number of halogens is 2. The van der Waals surface area contributed by atoms with Crippen LogP contribution in [0.3, 0.4) is 0 Å². The third-order valence-corrected chi connectivity index (χ3v) is 6.33. The number of nitrogens with one attached hydrogen (secondary N) is 2. The summed E-state index contributed by atoms with van der Waals surface area (Å²) in [6, 6.07) is 12.1. The molecule has 1 aliphatic rings. The summed E-state index contributed by atoms with van der Waals surface area (Å²) in [5.74, 6) is 0.871. The average molecular weight is 480 g/mol. The van der Waals surface area contributed by atoms with E-state index in [4.69, 9.17) is 16.3 Å². The lowest BCUT2D eigenvalue weighted by molar-refractivity contribution is -0.116. The van der Waals surface area contributed by atoms with E-state index >= 15 is 0 Å². The first-order chi connectivity index (χ1) is 13.8. The van der Waals surface area contributed by atoms with Gasteiger partial charge in [0.15, 0.2) is 0 Å². The molecule has 4 nitrogen and oxygen atoms in total. The molecule has 0 aliphatic carbocycles. The predicted molar refractivity (Wildman–Crippen MR) is 122 cm³/mol. The van der Waals surface area contributed by atoms with E-state index in [0.717, 1.165) is 64.2 Å². The van der Waals surface area contributed by atoms with Gasteiger partial charge < -0.3 is 9.53 Å². The second kappa shape index (κ2) is 9.17. The molecule has 2 N–H and O–H groups in total. The van der Waals surface area contributed by atoms with Gasteiger partial charge in [0.2, 0.25) is 0 Å². The molecule has 0 unspecified atom stereocenters. The molecule has 156 valence electrons. The van der Waals surface area contributed by atoms with E-state index < -0.39 is 11.1 Å². The van der Waals surface area contributed by atoms with Gasteiger partial charge in [-0.15, -0.1) is 0 Å². The van der Waals surface area contributed by atoms with Crippen molar-refractivity contribution in [2.45, 2.75) is 38.8 Å². The molecule has 0 spiro atoms. The standard InChI is InChI=1S/C23H28BrClN2O2/c1-22(2,15-28)14-23(26-11-12-27-23)19-5-4-6-20(25)18(19)9-7-16-13-17(24)8-10-21(16)29-3/h4-6,8,10,13,15,26-27H,7,9,11-12,14H2,1-3H3. The molecule has 1 fully saturated rings. The van der Waals surface area contributed by atoms with Gasteiger partial charge in [0.25, 0.3) is 0 Å². The van der Waals surface area contributed by atoms with E-state index in [-0.39, 0.29) is 0 Å². The van der Waals surface area contributed by atoms with E-state index in [1.807, 2.05) is 38.1 Å². The van der Waals surface area contributed by atoms with Gasteiger partial charge in [-0.05, 0) is 60.2 Å². The SMILES string of the molecule is COc1ccc(Br)cc1CCc1c(Cl)cccc1C1(CC(C)(C)C=O)NCCN1. The average Bonchev–Trinajstić information content (AvgIpc) is 3.15. The number of aldehydes is 1. The van der Waals surface area contributed by atoms with Crippen molar-refractivity contribution in [3.05, 3.63) is 62.6 Å². The number of carbonyl (C=O) groups is 1. The summed E-state index contributed by atoms with van der Waals surface area (Å²) in [4.78, 5) is 11.7. The van der Waals surface area contributed by atoms with Gasteiger partial charge in [-0.3, -0.25) is 10.6 Å². The van der Waals surface area contributed by atoms with Crippen molar-refractivity contribution >= 4 is 33.8 Å². The van der Waals surface area contributed by atoms with Gasteiger partial charge >= 0.3 is 0 Å². The van der Waals surface area contributed by atoms with Crippen LogP contribution in [0, 0.1) is 5.41 Å². The molecular weight excluding hydrogens is 452 g/mol. The summed E-state index contributed by atoms with van der Waals surface area (Å²) < 4.78 is 6.56. The summed E-state index contributed by atoms with van der Waals surface area (Å²) in [7, 11) is 1.69. The van der Waals surface area contributed by atoms with Crippen LogP contribution in [-0.4, -0.2) is 26.5 Å². The van der Waals surface area contributed by atoms with Crippen LogP contribution in [0.5, 0.6) is 5.75 Å². The second-order valence-electron chi connectivity index (χ2n) is 8.26. The first-order valence-corrected chi connectivity index (χ1v) is 11.0. The number of hydrogen-bond acceptors (Lipinski definition) is 4. The molecule has 0 aromatic heterocycles. The molecule has 0 saturated carbocycles. The Morgan fingerprint density at radius 1 is 1.21 bits per heavy atom. The molecule has 3 rings (SSSR count). The van der Waals surface area contributed by atoms with Crippen LogP contribution in [0.15, 0.2) is 40.9 Å². The molecule has 0 radical (unpaired) electrons. The number of rotatable bonds is 8. The molecule has 2 aromatic carbocycles. The number of carbonyl (C=O) groups excluding carboxylic acids is 1. The summed E-state index contributed by atoms with van der Waals surface area (Å²) in [6.45, 7) is 5.64. The quantitative estimate of drug-likeness (QED) is 0.531. The highest BCUT2D eigenvalue weighted by Crippen LogP contribution is 2.38. The second-order valence-corrected chi connectivity index (χ2v) is 9.59. The van der Waals surface area contributed by atoms with Crippen molar-refractivity contribution in [2.24, 2.45) is 5.41 Å². The highest BCUT2D eigenvalue weighted by atomic mass is 79.9. The fraction of sp³-hybridized carbons (Fsp3) is 0.435. The number of hydrogen-bond donors (Lipinski definition) is 2. The van der Waals surface area contributed by atoms with Crippen LogP contribution < -0.4 is 15.4 Å². The first kappa shape index (κ1) is 22.3. The van der Waals surface area contributed by atoms with Crippen LogP contribution >= 0.6 is 27.5 Å². The van der Waals surface area contributed by atoms with Gasteiger partial charge in [-0.2, -0.15) is 0 Å². The van der Waals surface area contributed by atoms with Gasteiger partial charge in [-0.1, -0.05) is 53.5 Å². The van der Waals surface area contributed by atoms with Crippen molar-refractivity contribution in [2.75, 3.05) is 20.2 Å². The van der Waals surface area contributed by atoms with Gasteiger partial charge in [0.05, 0.1) is 12.8 Å². The zero-order valence-electron chi connectivity index (χ0n) is 17.1. The Hall–Kier alpha value is -1.40. The summed E-state index contributed by atoms with van der Waals surface area (Å²) in [5.41, 5.74) is 2.41. The van der Waals surface area contributed by atoms with Crippen LogP contribution in [0.2, 0.25) is 5.02 Å². The molecule has 0 atom stereocenters. The normalized spacial score (nSPS) is 16.0. The summed E-state index contributed by atoms with van der Waals surface area (Å²) in [6.07, 6.45) is 3.25. The topological polar surface area (TPSA) is 50.4 Å². The third kappa shape index (κ3) is 5.02. The maximum absolute atomic E-state index is 11.7. The van der Waals surface area contributed by atoms with E-state index in [9.17, 15) is 4.79 Å².